The van der Waals surface area contributed by atoms with Gasteiger partial charge in [-0.15, -0.1) is 0 Å². The van der Waals surface area contributed by atoms with Gasteiger partial charge in [-0.3, -0.25) is 0 Å². The highest BCUT2D eigenvalue weighted by Crippen LogP contribution is 2.20. The number of ether oxygens (including phenoxy) is 1. The molecule has 2 N–H and O–H groups in total. The molecule has 0 aliphatic heterocycles. The molecule has 0 bridgehead atoms. The van der Waals surface area contributed by atoms with Crippen LogP contribution in [0.15, 0.2) is 34.9 Å². The molecule has 1 heterocycles. The Hall–Kier alpha value is -1.72. The zero-order valence-electron chi connectivity index (χ0n) is 12.0. The maximum atomic E-state index is 6.10. The van der Waals surface area contributed by atoms with Gasteiger partial charge in [0.1, 0.15) is 6.10 Å². The van der Waals surface area contributed by atoms with Gasteiger partial charge in [0.15, 0.2) is 0 Å². The van der Waals surface area contributed by atoms with Crippen molar-refractivity contribution < 1.29 is 9.26 Å². The molecule has 1 aromatic heterocycles. The number of aryl methyl sites for hydroxylation is 1. The molecule has 2 atom stereocenters. The van der Waals surface area contributed by atoms with Gasteiger partial charge in [0, 0.05) is 7.11 Å². The Bertz CT molecular complexity index is 509. The number of methoxy groups -OCH3 is 1. The zero-order valence-corrected chi connectivity index (χ0v) is 12.0. The van der Waals surface area contributed by atoms with E-state index in [-0.39, 0.29) is 12.1 Å². The van der Waals surface area contributed by atoms with Crippen molar-refractivity contribution in [3.8, 4) is 0 Å². The van der Waals surface area contributed by atoms with Crippen LogP contribution < -0.4 is 5.73 Å². The first-order valence-corrected chi connectivity index (χ1v) is 6.90. The Morgan fingerprint density at radius 1 is 1.30 bits per heavy atom. The Labute approximate surface area is 119 Å². The van der Waals surface area contributed by atoms with E-state index >= 15 is 0 Å². The smallest absolute Gasteiger partial charge is 0.243 e. The van der Waals surface area contributed by atoms with E-state index in [1.54, 1.807) is 7.11 Å². The van der Waals surface area contributed by atoms with Gasteiger partial charge < -0.3 is 15.0 Å². The lowest BCUT2D eigenvalue weighted by molar-refractivity contribution is 0.0903. The highest BCUT2D eigenvalue weighted by molar-refractivity contribution is 5.15. The van der Waals surface area contributed by atoms with E-state index in [1.165, 1.54) is 5.56 Å². The first-order chi connectivity index (χ1) is 9.74. The van der Waals surface area contributed by atoms with E-state index < -0.39 is 0 Å². The third-order valence-electron chi connectivity index (χ3n) is 3.30. The maximum Gasteiger partial charge on any atom is 0.243 e. The van der Waals surface area contributed by atoms with Crippen molar-refractivity contribution in [2.45, 2.75) is 38.3 Å². The predicted octanol–water partition coefficient (Wildman–Crippen LogP) is 2.80. The van der Waals surface area contributed by atoms with Gasteiger partial charge in [-0.05, 0) is 24.8 Å². The lowest BCUT2D eigenvalue weighted by atomic mass is 10.1. The van der Waals surface area contributed by atoms with Crippen LogP contribution >= 0.6 is 0 Å². The van der Waals surface area contributed by atoms with Gasteiger partial charge in [0.25, 0.3) is 0 Å². The first-order valence-electron chi connectivity index (χ1n) is 6.90. The molecule has 0 amide bonds. The fourth-order valence-corrected chi connectivity index (χ4v) is 2.07. The van der Waals surface area contributed by atoms with Gasteiger partial charge in [-0.25, -0.2) is 0 Å². The SMILES string of the molecule is CCC(OC)c1noc(C(N)CCc2ccccc2)n1. The quantitative estimate of drug-likeness (QED) is 0.841. The molecule has 2 aromatic rings. The number of nitrogens with two attached hydrogens (primary N) is 1. The second-order valence-corrected chi connectivity index (χ2v) is 4.75. The fourth-order valence-electron chi connectivity index (χ4n) is 2.07. The zero-order chi connectivity index (χ0) is 14.4. The lowest BCUT2D eigenvalue weighted by Crippen LogP contribution is -2.12. The number of nitrogens with zero attached hydrogens (tertiary/aromatic N) is 2. The number of benzene rings is 1. The number of rotatable bonds is 7. The Balaban J connectivity index is 1.94. The van der Waals surface area contributed by atoms with Crippen LogP contribution in [0.1, 0.15) is 49.2 Å². The molecule has 20 heavy (non-hydrogen) atoms. The number of aromatic nitrogens is 2. The van der Waals surface area contributed by atoms with Crippen molar-refractivity contribution in [3.05, 3.63) is 47.6 Å². The topological polar surface area (TPSA) is 74.2 Å². The molecule has 0 saturated carbocycles. The van der Waals surface area contributed by atoms with Crippen molar-refractivity contribution >= 4 is 0 Å². The van der Waals surface area contributed by atoms with Crippen molar-refractivity contribution in [3.63, 3.8) is 0 Å². The molecule has 0 aliphatic carbocycles. The molecular weight excluding hydrogens is 254 g/mol. The van der Waals surface area contributed by atoms with Crippen molar-refractivity contribution in [2.24, 2.45) is 5.73 Å². The lowest BCUT2D eigenvalue weighted by Gasteiger charge is -2.07. The number of hydrogen-bond acceptors (Lipinski definition) is 5. The van der Waals surface area contributed by atoms with Crippen LogP contribution in [0.4, 0.5) is 0 Å². The molecule has 2 unspecified atom stereocenters. The fraction of sp³-hybridized carbons (Fsp3) is 0.467. The summed E-state index contributed by atoms with van der Waals surface area (Å²) in [4.78, 5) is 4.34. The Morgan fingerprint density at radius 2 is 2.05 bits per heavy atom. The highest BCUT2D eigenvalue weighted by Gasteiger charge is 2.19. The average Bonchev–Trinajstić information content (AvgIpc) is 2.97. The maximum absolute atomic E-state index is 6.10. The summed E-state index contributed by atoms with van der Waals surface area (Å²) >= 11 is 0. The second-order valence-electron chi connectivity index (χ2n) is 4.75. The average molecular weight is 275 g/mol. The van der Waals surface area contributed by atoms with Crippen LogP contribution in [-0.2, 0) is 11.2 Å². The van der Waals surface area contributed by atoms with E-state index in [1.807, 2.05) is 25.1 Å². The summed E-state index contributed by atoms with van der Waals surface area (Å²) in [7, 11) is 1.64. The summed E-state index contributed by atoms with van der Waals surface area (Å²) in [6.07, 6.45) is 2.33. The second kappa shape index (κ2) is 7.17. The molecule has 5 heteroatoms. The summed E-state index contributed by atoms with van der Waals surface area (Å²) < 4.78 is 10.5. The summed E-state index contributed by atoms with van der Waals surface area (Å²) in [6, 6.07) is 9.98. The first kappa shape index (κ1) is 14.7. The summed E-state index contributed by atoms with van der Waals surface area (Å²) in [5, 5.41) is 3.94. The van der Waals surface area contributed by atoms with E-state index in [9.17, 15) is 0 Å². The van der Waals surface area contributed by atoms with Gasteiger partial charge in [0.05, 0.1) is 6.04 Å². The molecule has 108 valence electrons. The molecule has 0 fully saturated rings. The van der Waals surface area contributed by atoms with Gasteiger partial charge in [-0.1, -0.05) is 42.4 Å². The van der Waals surface area contributed by atoms with Crippen LogP contribution in [-0.4, -0.2) is 17.3 Å². The third-order valence-corrected chi connectivity index (χ3v) is 3.30. The van der Waals surface area contributed by atoms with Crippen molar-refractivity contribution in [1.29, 1.82) is 0 Å². The standard InChI is InChI=1S/C15H21N3O2/c1-3-13(19-2)14-17-15(20-18-14)12(16)10-9-11-7-5-4-6-8-11/h4-8,12-13H,3,9-10,16H2,1-2H3. The molecule has 0 radical (unpaired) electrons. The Morgan fingerprint density at radius 3 is 2.70 bits per heavy atom. The van der Waals surface area contributed by atoms with Crippen molar-refractivity contribution in [2.75, 3.05) is 7.11 Å². The van der Waals surface area contributed by atoms with Crippen LogP contribution in [0.25, 0.3) is 0 Å². The van der Waals surface area contributed by atoms with Gasteiger partial charge in [0.2, 0.25) is 11.7 Å². The highest BCUT2D eigenvalue weighted by atomic mass is 16.5. The normalized spacial score (nSPS) is 14.2. The van der Waals surface area contributed by atoms with E-state index in [0.717, 1.165) is 19.3 Å². The predicted molar refractivity (Wildman–Crippen MR) is 76.0 cm³/mol. The van der Waals surface area contributed by atoms with Gasteiger partial charge in [-0.2, -0.15) is 4.98 Å². The third kappa shape index (κ3) is 3.65. The molecule has 5 nitrogen and oxygen atoms in total. The van der Waals surface area contributed by atoms with Gasteiger partial charge >= 0.3 is 0 Å². The molecule has 1 aromatic carbocycles. The summed E-state index contributed by atoms with van der Waals surface area (Å²) in [6.45, 7) is 2.01. The van der Waals surface area contributed by atoms with Crippen LogP contribution in [0, 0.1) is 0 Å². The minimum Gasteiger partial charge on any atom is -0.373 e. The molecule has 0 saturated heterocycles. The Kier molecular flexibility index (Phi) is 5.26. The van der Waals surface area contributed by atoms with Crippen LogP contribution in [0.2, 0.25) is 0 Å². The minimum atomic E-state index is -0.245. The summed E-state index contributed by atoms with van der Waals surface area (Å²) in [5.41, 5.74) is 7.36. The molecule has 2 rings (SSSR count). The molecular formula is C15H21N3O2. The number of hydrogen-bond donors (Lipinski definition) is 1. The minimum absolute atomic E-state index is 0.131. The van der Waals surface area contributed by atoms with Crippen molar-refractivity contribution in [1.82, 2.24) is 10.1 Å². The monoisotopic (exact) mass is 275 g/mol. The van der Waals surface area contributed by atoms with E-state index in [2.05, 4.69) is 22.3 Å². The molecule has 0 spiro atoms. The molecule has 0 aliphatic rings. The largest absolute Gasteiger partial charge is 0.373 e. The van der Waals surface area contributed by atoms with E-state index in [4.69, 9.17) is 15.0 Å². The van der Waals surface area contributed by atoms with Crippen LogP contribution in [0.3, 0.4) is 0 Å². The van der Waals surface area contributed by atoms with Crippen LogP contribution in [0.5, 0.6) is 0 Å². The van der Waals surface area contributed by atoms with E-state index in [0.29, 0.717) is 11.7 Å². The summed E-state index contributed by atoms with van der Waals surface area (Å²) in [5.74, 6) is 1.05.